The second kappa shape index (κ2) is 6.04. The van der Waals surface area contributed by atoms with Gasteiger partial charge in [0, 0.05) is 31.9 Å². The monoisotopic (exact) mass is 294 g/mol. The molecular formula is C13H18N4O4. The average molecular weight is 294 g/mol. The summed E-state index contributed by atoms with van der Waals surface area (Å²) >= 11 is 0. The topological polar surface area (TPSA) is 99.8 Å². The molecule has 1 atom stereocenters. The fourth-order valence-corrected chi connectivity index (χ4v) is 2.60. The van der Waals surface area contributed by atoms with E-state index < -0.39 is 10.9 Å². The van der Waals surface area contributed by atoms with Crippen molar-refractivity contribution in [2.75, 3.05) is 32.1 Å². The molecule has 2 rings (SSSR count). The molecule has 2 heterocycles. The summed E-state index contributed by atoms with van der Waals surface area (Å²) in [5.74, 6) is -1.03. The van der Waals surface area contributed by atoms with Gasteiger partial charge in [-0.2, -0.15) is 0 Å². The number of carboxylic acids is 1. The van der Waals surface area contributed by atoms with Gasteiger partial charge in [-0.25, -0.2) is 9.78 Å². The van der Waals surface area contributed by atoms with Crippen LogP contribution in [0.3, 0.4) is 0 Å². The van der Waals surface area contributed by atoms with Gasteiger partial charge in [0.05, 0.1) is 10.5 Å². The molecule has 1 unspecified atom stereocenters. The number of aromatic nitrogens is 1. The van der Waals surface area contributed by atoms with Crippen LogP contribution in [0.15, 0.2) is 12.3 Å². The molecule has 1 fully saturated rings. The van der Waals surface area contributed by atoms with E-state index in [1.54, 1.807) is 11.9 Å². The SMILES string of the molecule is CN(CC1CCCN1C)c1ncc(C(=O)O)cc1[N+](=O)[O-]. The largest absolute Gasteiger partial charge is 0.478 e. The van der Waals surface area contributed by atoms with Crippen LogP contribution in [0.5, 0.6) is 0 Å². The minimum atomic E-state index is -1.23. The third kappa shape index (κ3) is 3.27. The van der Waals surface area contributed by atoms with Crippen molar-refractivity contribution < 1.29 is 14.8 Å². The van der Waals surface area contributed by atoms with Gasteiger partial charge in [0.1, 0.15) is 0 Å². The zero-order chi connectivity index (χ0) is 15.6. The van der Waals surface area contributed by atoms with E-state index in [-0.39, 0.29) is 17.1 Å². The van der Waals surface area contributed by atoms with Crippen LogP contribution in [0.2, 0.25) is 0 Å². The van der Waals surface area contributed by atoms with Crippen molar-refractivity contribution in [1.29, 1.82) is 0 Å². The predicted molar refractivity (Wildman–Crippen MR) is 76.8 cm³/mol. The number of carbonyl (C=O) groups is 1. The van der Waals surface area contributed by atoms with Gasteiger partial charge in [0.2, 0.25) is 5.82 Å². The van der Waals surface area contributed by atoms with Gasteiger partial charge in [0.25, 0.3) is 0 Å². The summed E-state index contributed by atoms with van der Waals surface area (Å²) in [4.78, 5) is 29.3. The van der Waals surface area contributed by atoms with Crippen LogP contribution < -0.4 is 4.90 Å². The summed E-state index contributed by atoms with van der Waals surface area (Å²) < 4.78 is 0. The normalized spacial score (nSPS) is 18.7. The lowest BCUT2D eigenvalue weighted by Crippen LogP contribution is -2.37. The van der Waals surface area contributed by atoms with Crippen LogP contribution in [0.4, 0.5) is 11.5 Å². The molecule has 114 valence electrons. The Hall–Kier alpha value is -2.22. The predicted octanol–water partition coefficient (Wildman–Crippen LogP) is 1.22. The van der Waals surface area contributed by atoms with E-state index in [2.05, 4.69) is 9.88 Å². The molecular weight excluding hydrogens is 276 g/mol. The Kier molecular flexibility index (Phi) is 4.37. The molecule has 0 spiro atoms. The number of nitro groups is 1. The van der Waals surface area contributed by atoms with Gasteiger partial charge in [-0.15, -0.1) is 0 Å². The number of nitrogens with zero attached hydrogens (tertiary/aromatic N) is 4. The molecule has 1 aromatic heterocycles. The van der Waals surface area contributed by atoms with Crippen LogP contribution in [0, 0.1) is 10.1 Å². The Balaban J connectivity index is 2.25. The molecule has 1 N–H and O–H groups in total. The van der Waals surface area contributed by atoms with Crippen molar-refractivity contribution in [3.8, 4) is 0 Å². The zero-order valence-electron chi connectivity index (χ0n) is 12.0. The molecule has 1 aromatic rings. The van der Waals surface area contributed by atoms with E-state index in [4.69, 9.17) is 5.11 Å². The third-order valence-corrected chi connectivity index (χ3v) is 3.81. The first kappa shape index (κ1) is 15.2. The summed E-state index contributed by atoms with van der Waals surface area (Å²) in [7, 11) is 3.77. The molecule has 0 saturated carbocycles. The van der Waals surface area contributed by atoms with E-state index >= 15 is 0 Å². The Morgan fingerprint density at radius 1 is 1.67 bits per heavy atom. The summed E-state index contributed by atoms with van der Waals surface area (Å²) in [6, 6.07) is 1.38. The lowest BCUT2D eigenvalue weighted by Gasteiger charge is -2.26. The number of likely N-dealkylation sites (N-methyl/N-ethyl adjacent to an activating group) is 2. The Morgan fingerprint density at radius 2 is 2.38 bits per heavy atom. The maximum absolute atomic E-state index is 11.1. The summed E-state index contributed by atoms with van der Waals surface area (Å²) in [5.41, 5.74) is -0.463. The Labute approximate surface area is 122 Å². The fraction of sp³-hybridized carbons (Fsp3) is 0.538. The van der Waals surface area contributed by atoms with Gasteiger partial charge in [0.15, 0.2) is 0 Å². The van der Waals surface area contributed by atoms with Gasteiger partial charge < -0.3 is 14.9 Å². The smallest absolute Gasteiger partial charge is 0.337 e. The van der Waals surface area contributed by atoms with Gasteiger partial charge in [-0.3, -0.25) is 10.1 Å². The number of hydrogen-bond acceptors (Lipinski definition) is 6. The first-order chi connectivity index (χ1) is 9.90. The molecule has 0 bridgehead atoms. The lowest BCUT2D eigenvalue weighted by atomic mass is 10.2. The maximum Gasteiger partial charge on any atom is 0.337 e. The number of anilines is 1. The summed E-state index contributed by atoms with van der Waals surface area (Å²) in [6.07, 6.45) is 3.31. The van der Waals surface area contributed by atoms with Crippen molar-refractivity contribution in [1.82, 2.24) is 9.88 Å². The molecule has 1 aliphatic heterocycles. The van der Waals surface area contributed by atoms with Gasteiger partial charge >= 0.3 is 11.7 Å². The molecule has 0 aromatic carbocycles. The molecule has 8 heteroatoms. The number of carboxylic acid groups (broad SMARTS) is 1. The summed E-state index contributed by atoms with van der Waals surface area (Å²) in [5, 5.41) is 20.0. The fourth-order valence-electron chi connectivity index (χ4n) is 2.60. The first-order valence-corrected chi connectivity index (χ1v) is 6.69. The van der Waals surface area contributed by atoms with Crippen LogP contribution in [0.1, 0.15) is 23.2 Å². The standard InChI is InChI=1S/C13H18N4O4/c1-15-5-3-4-10(15)8-16(2)12-11(17(20)21)6-9(7-14-12)13(18)19/h6-7,10H,3-5,8H2,1-2H3,(H,18,19). The first-order valence-electron chi connectivity index (χ1n) is 6.69. The van der Waals surface area contributed by atoms with Crippen LogP contribution in [0.25, 0.3) is 0 Å². The van der Waals surface area contributed by atoms with Crippen molar-refractivity contribution in [2.24, 2.45) is 0 Å². The highest BCUT2D eigenvalue weighted by atomic mass is 16.6. The van der Waals surface area contributed by atoms with Crippen molar-refractivity contribution >= 4 is 17.5 Å². The molecule has 21 heavy (non-hydrogen) atoms. The highest BCUT2D eigenvalue weighted by Crippen LogP contribution is 2.27. The van der Waals surface area contributed by atoms with E-state index in [1.165, 1.54) is 0 Å². The summed E-state index contributed by atoms with van der Waals surface area (Å²) in [6.45, 7) is 1.64. The average Bonchev–Trinajstić information content (AvgIpc) is 2.83. The highest BCUT2D eigenvalue weighted by molar-refractivity contribution is 5.88. The quantitative estimate of drug-likeness (QED) is 0.643. The molecule has 1 saturated heterocycles. The molecule has 1 aliphatic rings. The number of likely N-dealkylation sites (tertiary alicyclic amines) is 1. The Morgan fingerprint density at radius 3 is 2.90 bits per heavy atom. The molecule has 0 amide bonds. The van der Waals surface area contributed by atoms with E-state index in [0.717, 1.165) is 31.6 Å². The van der Waals surface area contributed by atoms with Crippen molar-refractivity contribution in [3.63, 3.8) is 0 Å². The number of hydrogen-bond donors (Lipinski definition) is 1. The zero-order valence-corrected chi connectivity index (χ0v) is 12.0. The minimum Gasteiger partial charge on any atom is -0.478 e. The van der Waals surface area contributed by atoms with Crippen LogP contribution >= 0.6 is 0 Å². The Bertz CT molecular complexity index is 563. The third-order valence-electron chi connectivity index (χ3n) is 3.81. The van der Waals surface area contributed by atoms with E-state index in [0.29, 0.717) is 12.6 Å². The molecule has 8 nitrogen and oxygen atoms in total. The second-order valence-electron chi connectivity index (χ2n) is 5.29. The van der Waals surface area contributed by atoms with Gasteiger partial charge in [-0.1, -0.05) is 0 Å². The number of rotatable bonds is 5. The van der Waals surface area contributed by atoms with E-state index in [1.807, 2.05) is 7.05 Å². The molecule has 0 aliphatic carbocycles. The van der Waals surface area contributed by atoms with Gasteiger partial charge in [-0.05, 0) is 26.4 Å². The maximum atomic E-state index is 11.1. The van der Waals surface area contributed by atoms with Crippen molar-refractivity contribution in [3.05, 3.63) is 27.9 Å². The van der Waals surface area contributed by atoms with E-state index in [9.17, 15) is 14.9 Å². The lowest BCUT2D eigenvalue weighted by molar-refractivity contribution is -0.384. The highest BCUT2D eigenvalue weighted by Gasteiger charge is 2.26. The second-order valence-corrected chi connectivity index (χ2v) is 5.29. The van der Waals surface area contributed by atoms with Crippen LogP contribution in [-0.4, -0.2) is 59.1 Å². The molecule has 0 radical (unpaired) electrons. The number of aromatic carboxylic acids is 1. The minimum absolute atomic E-state index is 0.183. The van der Waals surface area contributed by atoms with Crippen molar-refractivity contribution in [2.45, 2.75) is 18.9 Å². The van der Waals surface area contributed by atoms with Crippen LogP contribution in [-0.2, 0) is 0 Å². The number of pyridine rings is 1.